The second kappa shape index (κ2) is 5.80. The average Bonchev–Trinajstić information content (AvgIpc) is 2.42. The highest BCUT2D eigenvalue weighted by atomic mass is 35.5. The maximum absolute atomic E-state index is 13.7. The molecule has 0 saturated heterocycles. The van der Waals surface area contributed by atoms with E-state index in [1.54, 1.807) is 18.3 Å². The van der Waals surface area contributed by atoms with Gasteiger partial charge in [-0.2, -0.15) is 0 Å². The molecule has 19 heavy (non-hydrogen) atoms. The molecule has 0 aliphatic carbocycles. The molecule has 0 atom stereocenters. The number of nitrogens with zero attached hydrogens (tertiary/aromatic N) is 1. The van der Waals surface area contributed by atoms with Crippen molar-refractivity contribution >= 4 is 17.6 Å². The maximum atomic E-state index is 13.7. The molecule has 2 rings (SSSR count). The lowest BCUT2D eigenvalue weighted by Gasteiger charge is -2.07. The van der Waals surface area contributed by atoms with Gasteiger partial charge in [0.25, 0.3) is 0 Å². The first kappa shape index (κ1) is 13.5. The number of carbonyl (C=O) groups excluding carboxylic acids is 1. The minimum absolute atomic E-state index is 0.178. The van der Waals surface area contributed by atoms with E-state index in [1.165, 1.54) is 25.3 Å². The zero-order valence-electron chi connectivity index (χ0n) is 10.2. The Balaban J connectivity index is 2.38. The second-order valence-corrected chi connectivity index (χ2v) is 4.34. The van der Waals surface area contributed by atoms with Gasteiger partial charge in [-0.1, -0.05) is 11.6 Å². The first-order chi connectivity index (χ1) is 9.11. The highest BCUT2D eigenvalue weighted by Gasteiger charge is 2.14. The van der Waals surface area contributed by atoms with E-state index >= 15 is 0 Å². The van der Waals surface area contributed by atoms with Crippen molar-refractivity contribution in [2.24, 2.45) is 0 Å². The van der Waals surface area contributed by atoms with E-state index in [-0.39, 0.29) is 12.2 Å². The number of benzene rings is 1. The predicted molar refractivity (Wildman–Crippen MR) is 69.8 cm³/mol. The molecule has 0 aliphatic rings. The van der Waals surface area contributed by atoms with Gasteiger partial charge in [-0.15, -0.1) is 0 Å². The van der Waals surface area contributed by atoms with Crippen molar-refractivity contribution in [3.8, 4) is 0 Å². The van der Waals surface area contributed by atoms with Crippen LogP contribution < -0.4 is 0 Å². The smallest absolute Gasteiger partial charge is 0.339 e. The quantitative estimate of drug-likeness (QED) is 0.810. The van der Waals surface area contributed by atoms with E-state index in [0.717, 1.165) is 0 Å². The van der Waals surface area contributed by atoms with E-state index in [1.807, 2.05) is 0 Å². The van der Waals surface area contributed by atoms with E-state index in [0.29, 0.717) is 21.8 Å². The Morgan fingerprint density at radius 3 is 2.95 bits per heavy atom. The third-order valence-corrected chi connectivity index (χ3v) is 2.90. The molecule has 3 nitrogen and oxygen atoms in total. The highest BCUT2D eigenvalue weighted by Crippen LogP contribution is 2.19. The van der Waals surface area contributed by atoms with Crippen LogP contribution in [-0.2, 0) is 11.2 Å². The van der Waals surface area contributed by atoms with Crippen LogP contribution in [-0.4, -0.2) is 18.1 Å². The van der Waals surface area contributed by atoms with E-state index < -0.39 is 5.97 Å². The van der Waals surface area contributed by atoms with Crippen molar-refractivity contribution in [2.45, 2.75) is 6.42 Å². The van der Waals surface area contributed by atoms with Gasteiger partial charge in [0.2, 0.25) is 0 Å². The van der Waals surface area contributed by atoms with Gasteiger partial charge in [-0.3, -0.25) is 4.98 Å². The summed E-state index contributed by atoms with van der Waals surface area (Å²) in [7, 11) is 1.29. The van der Waals surface area contributed by atoms with Crippen molar-refractivity contribution in [2.75, 3.05) is 7.11 Å². The van der Waals surface area contributed by atoms with Gasteiger partial charge >= 0.3 is 5.97 Å². The Labute approximate surface area is 115 Å². The zero-order valence-corrected chi connectivity index (χ0v) is 10.9. The van der Waals surface area contributed by atoms with Gasteiger partial charge < -0.3 is 4.74 Å². The second-order valence-electron chi connectivity index (χ2n) is 3.90. The summed E-state index contributed by atoms with van der Waals surface area (Å²) in [5.41, 5.74) is 1.16. The van der Waals surface area contributed by atoms with Gasteiger partial charge in [-0.05, 0) is 35.9 Å². The monoisotopic (exact) mass is 279 g/mol. The molecule has 1 heterocycles. The largest absolute Gasteiger partial charge is 0.465 e. The molecule has 1 aromatic heterocycles. The van der Waals surface area contributed by atoms with Crippen LogP contribution in [0.3, 0.4) is 0 Å². The number of methoxy groups -OCH3 is 1. The van der Waals surface area contributed by atoms with Crippen molar-refractivity contribution in [3.05, 3.63) is 64.2 Å². The molecule has 0 aliphatic heterocycles. The molecule has 0 fully saturated rings. The Hall–Kier alpha value is -1.94. The third kappa shape index (κ3) is 3.09. The van der Waals surface area contributed by atoms with Gasteiger partial charge in [-0.25, -0.2) is 9.18 Å². The summed E-state index contributed by atoms with van der Waals surface area (Å²) < 4.78 is 18.3. The fourth-order valence-corrected chi connectivity index (χ4v) is 1.93. The predicted octanol–water partition coefficient (Wildman–Crippen LogP) is 3.25. The molecular weight excluding hydrogens is 269 g/mol. The van der Waals surface area contributed by atoms with Crippen LogP contribution in [0.25, 0.3) is 0 Å². The first-order valence-corrected chi connectivity index (χ1v) is 5.95. The number of pyridine rings is 1. The van der Waals surface area contributed by atoms with Crippen LogP contribution in [0.2, 0.25) is 5.02 Å². The zero-order chi connectivity index (χ0) is 13.8. The summed E-state index contributed by atoms with van der Waals surface area (Å²) in [5.74, 6) is -0.878. The van der Waals surface area contributed by atoms with Crippen LogP contribution in [0.4, 0.5) is 4.39 Å². The Kier molecular flexibility index (Phi) is 4.12. The lowest BCUT2D eigenvalue weighted by Crippen LogP contribution is -2.08. The molecule has 0 bridgehead atoms. The van der Waals surface area contributed by atoms with Crippen molar-refractivity contribution < 1.29 is 13.9 Å². The van der Waals surface area contributed by atoms with E-state index in [2.05, 4.69) is 9.72 Å². The van der Waals surface area contributed by atoms with Gasteiger partial charge in [0.1, 0.15) is 5.82 Å². The number of esters is 1. The molecule has 1 aromatic carbocycles. The number of aromatic nitrogens is 1. The molecule has 0 unspecified atom stereocenters. The number of halogens is 2. The molecular formula is C14H11ClFNO2. The van der Waals surface area contributed by atoms with Crippen molar-refractivity contribution in [3.63, 3.8) is 0 Å². The number of hydrogen-bond acceptors (Lipinski definition) is 3. The van der Waals surface area contributed by atoms with Crippen LogP contribution in [0.5, 0.6) is 0 Å². The first-order valence-electron chi connectivity index (χ1n) is 5.58. The van der Waals surface area contributed by atoms with E-state index in [9.17, 15) is 9.18 Å². The number of hydrogen-bond donors (Lipinski definition) is 0. The standard InChI is InChI=1S/C14H11ClFNO2/c1-19-14(18)11-3-2-6-17-13(11)8-9-7-10(15)4-5-12(9)16/h2-7H,8H2,1H3. The lowest BCUT2D eigenvalue weighted by molar-refractivity contribution is 0.0599. The minimum Gasteiger partial charge on any atom is -0.465 e. The van der Waals surface area contributed by atoms with Crippen molar-refractivity contribution in [1.82, 2.24) is 4.98 Å². The summed E-state index contributed by atoms with van der Waals surface area (Å²) in [6.45, 7) is 0. The Bertz CT molecular complexity index is 616. The topological polar surface area (TPSA) is 39.2 Å². The van der Waals surface area contributed by atoms with Gasteiger partial charge in [0.15, 0.2) is 0 Å². The van der Waals surface area contributed by atoms with Crippen LogP contribution in [0.1, 0.15) is 21.6 Å². The average molecular weight is 280 g/mol. The summed E-state index contributed by atoms with van der Waals surface area (Å²) in [6.07, 6.45) is 1.72. The van der Waals surface area contributed by atoms with Gasteiger partial charge in [0.05, 0.1) is 18.4 Å². The molecule has 0 spiro atoms. The third-order valence-electron chi connectivity index (χ3n) is 2.66. The molecule has 0 N–H and O–H groups in total. The van der Waals surface area contributed by atoms with Crippen molar-refractivity contribution in [1.29, 1.82) is 0 Å². The normalized spacial score (nSPS) is 10.3. The van der Waals surface area contributed by atoms with Crippen LogP contribution in [0.15, 0.2) is 36.5 Å². The minimum atomic E-state index is -0.495. The molecule has 98 valence electrons. The highest BCUT2D eigenvalue weighted by molar-refractivity contribution is 6.30. The molecule has 0 saturated carbocycles. The fraction of sp³-hybridized carbons (Fsp3) is 0.143. The maximum Gasteiger partial charge on any atom is 0.339 e. The molecule has 0 amide bonds. The number of ether oxygens (including phenoxy) is 1. The fourth-order valence-electron chi connectivity index (χ4n) is 1.73. The molecule has 0 radical (unpaired) electrons. The SMILES string of the molecule is COC(=O)c1cccnc1Cc1cc(Cl)ccc1F. The van der Waals surface area contributed by atoms with Crippen LogP contribution >= 0.6 is 11.6 Å². The summed E-state index contributed by atoms with van der Waals surface area (Å²) >= 11 is 5.83. The number of carbonyl (C=O) groups is 1. The van der Waals surface area contributed by atoms with Crippen LogP contribution in [0, 0.1) is 5.82 Å². The Morgan fingerprint density at radius 2 is 2.21 bits per heavy atom. The number of rotatable bonds is 3. The summed E-state index contributed by atoms with van der Waals surface area (Å²) in [4.78, 5) is 15.7. The summed E-state index contributed by atoms with van der Waals surface area (Å²) in [5, 5.41) is 0.437. The summed E-state index contributed by atoms with van der Waals surface area (Å²) in [6, 6.07) is 7.51. The van der Waals surface area contributed by atoms with E-state index in [4.69, 9.17) is 11.6 Å². The molecule has 5 heteroatoms. The molecule has 2 aromatic rings. The van der Waals surface area contributed by atoms with Gasteiger partial charge in [0, 0.05) is 17.6 Å². The lowest BCUT2D eigenvalue weighted by atomic mass is 10.0. The Morgan fingerprint density at radius 1 is 1.42 bits per heavy atom.